The van der Waals surface area contributed by atoms with Gasteiger partial charge in [-0.05, 0) is 30.2 Å². The minimum absolute atomic E-state index is 0.324. The molecule has 1 amide bonds. The number of carbonyl (C=O) groups excluding carboxylic acids is 1. The van der Waals surface area contributed by atoms with Crippen molar-refractivity contribution in [1.82, 2.24) is 10.4 Å². The van der Waals surface area contributed by atoms with Crippen molar-refractivity contribution in [3.8, 4) is 0 Å². The Balaban J connectivity index is 1.74. The quantitative estimate of drug-likeness (QED) is 0.594. The predicted molar refractivity (Wildman–Crippen MR) is 88.0 cm³/mol. The Morgan fingerprint density at radius 1 is 1.05 bits per heavy atom. The molecule has 3 aromatic rings. The van der Waals surface area contributed by atoms with Crippen molar-refractivity contribution in [2.24, 2.45) is 5.10 Å². The highest BCUT2D eigenvalue weighted by Gasteiger charge is 2.06. The van der Waals surface area contributed by atoms with E-state index in [1.165, 1.54) is 0 Å². The summed E-state index contributed by atoms with van der Waals surface area (Å²) in [5.41, 5.74) is 5.71. The number of para-hydroxylation sites is 1. The van der Waals surface area contributed by atoms with Gasteiger partial charge in [0.05, 0.1) is 11.7 Å². The van der Waals surface area contributed by atoms with Gasteiger partial charge in [-0.25, -0.2) is 10.4 Å². The molecule has 3 rings (SSSR count). The first kappa shape index (κ1) is 13.9. The monoisotopic (exact) mass is 289 g/mol. The highest BCUT2D eigenvalue weighted by Crippen LogP contribution is 2.11. The molecular weight excluding hydrogens is 274 g/mol. The summed E-state index contributed by atoms with van der Waals surface area (Å²) in [5, 5.41) is 5.00. The van der Waals surface area contributed by atoms with E-state index < -0.39 is 0 Å². The van der Waals surface area contributed by atoms with Crippen LogP contribution in [0, 0.1) is 6.92 Å². The second-order valence-electron chi connectivity index (χ2n) is 4.94. The molecule has 108 valence electrons. The first-order valence-corrected chi connectivity index (χ1v) is 6.99. The number of fused-ring (bicyclic) bond motifs is 1. The van der Waals surface area contributed by atoms with Gasteiger partial charge >= 0.3 is 0 Å². The van der Waals surface area contributed by atoms with Gasteiger partial charge in [0, 0.05) is 5.39 Å². The van der Waals surface area contributed by atoms with Crippen LogP contribution in [0.15, 0.2) is 65.8 Å². The molecule has 4 heteroatoms. The minimum Gasteiger partial charge on any atom is -0.266 e. The van der Waals surface area contributed by atoms with Gasteiger partial charge in [-0.3, -0.25) is 4.79 Å². The summed E-state index contributed by atoms with van der Waals surface area (Å²) < 4.78 is 0. The number of hydrogen-bond acceptors (Lipinski definition) is 3. The molecule has 0 atom stereocenters. The number of hydrazone groups is 1. The van der Waals surface area contributed by atoms with Crippen molar-refractivity contribution < 1.29 is 4.79 Å². The van der Waals surface area contributed by atoms with E-state index in [4.69, 9.17) is 0 Å². The molecule has 1 aromatic heterocycles. The third-order valence-corrected chi connectivity index (χ3v) is 3.39. The van der Waals surface area contributed by atoms with E-state index in [2.05, 4.69) is 15.5 Å². The molecule has 1 heterocycles. The third kappa shape index (κ3) is 3.01. The molecule has 0 unspecified atom stereocenters. The van der Waals surface area contributed by atoms with E-state index in [-0.39, 0.29) is 5.91 Å². The lowest BCUT2D eigenvalue weighted by Crippen LogP contribution is -2.19. The standard InChI is InChI=1S/C18H15N3O/c1-13-6-2-3-8-15(13)12-19-21-18(22)17-11-10-14-7-4-5-9-16(14)20-17/h2-12H,1H3,(H,21,22)/b19-12+. The predicted octanol–water partition coefficient (Wildman–Crippen LogP) is 3.31. The number of carbonyl (C=O) groups is 1. The Morgan fingerprint density at radius 3 is 2.68 bits per heavy atom. The van der Waals surface area contributed by atoms with Crippen LogP contribution in [0.2, 0.25) is 0 Å². The first-order chi connectivity index (χ1) is 10.7. The van der Waals surface area contributed by atoms with E-state index >= 15 is 0 Å². The summed E-state index contributed by atoms with van der Waals surface area (Å²) in [5.74, 6) is -0.324. The Bertz CT molecular complexity index is 856. The lowest BCUT2D eigenvalue weighted by Gasteiger charge is -2.02. The van der Waals surface area contributed by atoms with Gasteiger partial charge in [0.1, 0.15) is 5.69 Å². The number of pyridine rings is 1. The number of nitrogens with one attached hydrogen (secondary N) is 1. The molecular formula is C18H15N3O. The van der Waals surface area contributed by atoms with Crippen LogP contribution in [0.4, 0.5) is 0 Å². The van der Waals surface area contributed by atoms with Crippen molar-refractivity contribution in [3.63, 3.8) is 0 Å². The summed E-state index contributed by atoms with van der Waals surface area (Å²) >= 11 is 0. The summed E-state index contributed by atoms with van der Waals surface area (Å²) in [4.78, 5) is 16.4. The van der Waals surface area contributed by atoms with Gasteiger partial charge in [-0.2, -0.15) is 5.10 Å². The molecule has 0 radical (unpaired) electrons. The van der Waals surface area contributed by atoms with Gasteiger partial charge in [-0.15, -0.1) is 0 Å². The molecule has 22 heavy (non-hydrogen) atoms. The second kappa shape index (κ2) is 6.18. The van der Waals surface area contributed by atoms with Crippen molar-refractivity contribution in [2.45, 2.75) is 6.92 Å². The molecule has 0 aliphatic carbocycles. The van der Waals surface area contributed by atoms with Crippen LogP contribution < -0.4 is 5.43 Å². The summed E-state index contributed by atoms with van der Waals surface area (Å²) in [7, 11) is 0. The lowest BCUT2D eigenvalue weighted by atomic mass is 10.1. The minimum atomic E-state index is -0.324. The summed E-state index contributed by atoms with van der Waals surface area (Å²) in [6, 6.07) is 19.1. The molecule has 0 aliphatic heterocycles. The molecule has 0 saturated carbocycles. The van der Waals surface area contributed by atoms with E-state index in [1.54, 1.807) is 12.3 Å². The number of aryl methyl sites for hydroxylation is 1. The van der Waals surface area contributed by atoms with E-state index in [1.807, 2.05) is 61.5 Å². The summed E-state index contributed by atoms with van der Waals surface area (Å²) in [6.07, 6.45) is 1.63. The van der Waals surface area contributed by atoms with Crippen LogP contribution in [0.5, 0.6) is 0 Å². The highest BCUT2D eigenvalue weighted by atomic mass is 16.2. The van der Waals surface area contributed by atoms with Crippen molar-refractivity contribution in [1.29, 1.82) is 0 Å². The van der Waals surface area contributed by atoms with Crippen LogP contribution in [-0.4, -0.2) is 17.1 Å². The smallest absolute Gasteiger partial charge is 0.266 e. The van der Waals surface area contributed by atoms with Gasteiger partial charge in [0.25, 0.3) is 5.91 Å². The molecule has 0 saturated heterocycles. The molecule has 2 aromatic carbocycles. The maximum absolute atomic E-state index is 12.1. The highest BCUT2D eigenvalue weighted by molar-refractivity contribution is 5.95. The molecule has 1 N–H and O–H groups in total. The zero-order valence-electron chi connectivity index (χ0n) is 12.2. The van der Waals surface area contributed by atoms with Crippen LogP contribution in [0.3, 0.4) is 0 Å². The lowest BCUT2D eigenvalue weighted by molar-refractivity contribution is 0.0950. The van der Waals surface area contributed by atoms with E-state index in [0.29, 0.717) is 5.69 Å². The van der Waals surface area contributed by atoms with Crippen LogP contribution in [0.1, 0.15) is 21.6 Å². The van der Waals surface area contributed by atoms with E-state index in [9.17, 15) is 4.79 Å². The Labute approximate surface area is 128 Å². The third-order valence-electron chi connectivity index (χ3n) is 3.39. The maximum Gasteiger partial charge on any atom is 0.289 e. The Kier molecular flexibility index (Phi) is 3.92. The average Bonchev–Trinajstić information content (AvgIpc) is 2.56. The molecule has 0 spiro atoms. The summed E-state index contributed by atoms with van der Waals surface area (Å²) in [6.45, 7) is 1.99. The second-order valence-corrected chi connectivity index (χ2v) is 4.94. The SMILES string of the molecule is Cc1ccccc1/C=N/NC(=O)c1ccc2ccccc2n1. The number of benzene rings is 2. The largest absolute Gasteiger partial charge is 0.289 e. The number of hydrogen-bond donors (Lipinski definition) is 1. The Hall–Kier alpha value is -3.01. The van der Waals surface area contributed by atoms with Gasteiger partial charge < -0.3 is 0 Å². The molecule has 0 bridgehead atoms. The molecule has 4 nitrogen and oxygen atoms in total. The van der Waals surface area contributed by atoms with Crippen molar-refractivity contribution in [2.75, 3.05) is 0 Å². The van der Waals surface area contributed by atoms with Crippen LogP contribution >= 0.6 is 0 Å². The number of aromatic nitrogens is 1. The average molecular weight is 289 g/mol. The van der Waals surface area contributed by atoms with Gasteiger partial charge in [0.15, 0.2) is 0 Å². The maximum atomic E-state index is 12.1. The van der Waals surface area contributed by atoms with Gasteiger partial charge in [0.2, 0.25) is 0 Å². The zero-order valence-corrected chi connectivity index (χ0v) is 12.2. The van der Waals surface area contributed by atoms with Crippen LogP contribution in [0.25, 0.3) is 10.9 Å². The fraction of sp³-hybridized carbons (Fsp3) is 0.0556. The van der Waals surface area contributed by atoms with E-state index in [0.717, 1.165) is 22.0 Å². The molecule has 0 aliphatic rings. The van der Waals surface area contributed by atoms with Gasteiger partial charge in [-0.1, -0.05) is 48.5 Å². The normalized spacial score (nSPS) is 11.0. The fourth-order valence-corrected chi connectivity index (χ4v) is 2.14. The fourth-order valence-electron chi connectivity index (χ4n) is 2.14. The van der Waals surface area contributed by atoms with Crippen LogP contribution in [-0.2, 0) is 0 Å². The Morgan fingerprint density at radius 2 is 1.82 bits per heavy atom. The number of rotatable bonds is 3. The molecule has 0 fully saturated rings. The zero-order chi connectivity index (χ0) is 15.4. The van der Waals surface area contributed by atoms with Crippen molar-refractivity contribution in [3.05, 3.63) is 77.5 Å². The van der Waals surface area contributed by atoms with Crippen molar-refractivity contribution >= 4 is 23.0 Å². The number of amides is 1. The first-order valence-electron chi connectivity index (χ1n) is 6.99. The number of nitrogens with zero attached hydrogens (tertiary/aromatic N) is 2. The topological polar surface area (TPSA) is 54.4 Å².